The average Bonchev–Trinajstić information content (AvgIpc) is 2.75. The highest BCUT2D eigenvalue weighted by Gasteiger charge is 2.09. The van der Waals surface area contributed by atoms with Crippen LogP contribution in [0.1, 0.15) is 0 Å². The Morgan fingerprint density at radius 1 is 1.38 bits per heavy atom. The van der Waals surface area contributed by atoms with E-state index < -0.39 is 0 Å². The molecule has 0 spiro atoms. The van der Waals surface area contributed by atoms with Crippen LogP contribution in [-0.2, 0) is 0 Å². The van der Waals surface area contributed by atoms with E-state index in [1.807, 2.05) is 18.2 Å². The lowest BCUT2D eigenvalue weighted by molar-refractivity contribution is 0.288. The maximum Gasteiger partial charge on any atom is 0.254 e. The van der Waals surface area contributed by atoms with Crippen LogP contribution in [0.3, 0.4) is 0 Å². The topological polar surface area (TPSA) is 61.3 Å². The van der Waals surface area contributed by atoms with Gasteiger partial charge in [-0.3, -0.25) is 0 Å². The van der Waals surface area contributed by atoms with Crippen molar-refractivity contribution in [3.8, 4) is 17.2 Å². The molecule has 0 aliphatic heterocycles. The minimum atomic E-state index is 0.411. The third-order valence-corrected chi connectivity index (χ3v) is 2.33. The fourth-order valence-electron chi connectivity index (χ4n) is 1.28. The lowest BCUT2D eigenvalue weighted by Gasteiger charge is -1.97. The third kappa shape index (κ3) is 2.35. The van der Waals surface area contributed by atoms with Crippen LogP contribution in [0, 0.1) is 0 Å². The van der Waals surface area contributed by atoms with Crippen LogP contribution in [0.2, 0.25) is 5.02 Å². The number of rotatable bonds is 4. The molecule has 16 heavy (non-hydrogen) atoms. The Morgan fingerprint density at radius 2 is 2.19 bits per heavy atom. The second-order valence-corrected chi connectivity index (χ2v) is 3.55. The van der Waals surface area contributed by atoms with Crippen molar-refractivity contribution < 1.29 is 9.26 Å². The van der Waals surface area contributed by atoms with Crippen molar-refractivity contribution in [2.75, 3.05) is 13.2 Å². The molecule has 0 atom stereocenters. The van der Waals surface area contributed by atoms with Gasteiger partial charge in [0.2, 0.25) is 0 Å². The van der Waals surface area contributed by atoms with Crippen LogP contribution >= 0.6 is 11.6 Å². The quantitative estimate of drug-likeness (QED) is 0.888. The molecule has 0 fully saturated rings. The van der Waals surface area contributed by atoms with Crippen LogP contribution in [0.25, 0.3) is 11.3 Å². The summed E-state index contributed by atoms with van der Waals surface area (Å²) >= 11 is 6.02. The molecule has 0 amide bonds. The molecular weight excluding hydrogens is 228 g/mol. The summed E-state index contributed by atoms with van der Waals surface area (Å²) in [6.07, 6.45) is 0. The molecule has 84 valence electrons. The molecule has 0 saturated carbocycles. The van der Waals surface area contributed by atoms with E-state index in [2.05, 4.69) is 5.16 Å². The Morgan fingerprint density at radius 3 is 2.94 bits per heavy atom. The number of hydrogen-bond donors (Lipinski definition) is 1. The Labute approximate surface area is 97.9 Å². The van der Waals surface area contributed by atoms with Crippen LogP contribution in [0.5, 0.6) is 5.88 Å². The summed E-state index contributed by atoms with van der Waals surface area (Å²) in [6, 6.07) is 9.07. The molecule has 0 bridgehead atoms. The van der Waals surface area contributed by atoms with Gasteiger partial charge in [0.25, 0.3) is 5.88 Å². The first-order valence-electron chi connectivity index (χ1n) is 4.86. The fraction of sp³-hybridized carbons (Fsp3) is 0.182. The average molecular weight is 239 g/mol. The van der Waals surface area contributed by atoms with E-state index >= 15 is 0 Å². The zero-order valence-corrected chi connectivity index (χ0v) is 9.28. The van der Waals surface area contributed by atoms with Gasteiger partial charge in [0, 0.05) is 18.2 Å². The zero-order valence-electron chi connectivity index (χ0n) is 8.52. The van der Waals surface area contributed by atoms with Crippen molar-refractivity contribution in [3.63, 3.8) is 0 Å². The van der Waals surface area contributed by atoms with E-state index in [9.17, 15) is 0 Å². The van der Waals surface area contributed by atoms with E-state index in [1.54, 1.807) is 12.1 Å². The van der Waals surface area contributed by atoms with Gasteiger partial charge in [-0.25, -0.2) is 0 Å². The molecule has 1 heterocycles. The van der Waals surface area contributed by atoms with Gasteiger partial charge in [-0.15, -0.1) is 0 Å². The maximum atomic E-state index is 6.02. The van der Waals surface area contributed by atoms with Gasteiger partial charge in [0.05, 0.1) is 5.02 Å². The zero-order chi connectivity index (χ0) is 11.4. The predicted molar refractivity (Wildman–Crippen MR) is 61.5 cm³/mol. The second-order valence-electron chi connectivity index (χ2n) is 3.15. The Kier molecular flexibility index (Phi) is 3.44. The Hall–Kier alpha value is -1.52. The van der Waals surface area contributed by atoms with Crippen molar-refractivity contribution in [3.05, 3.63) is 35.4 Å². The van der Waals surface area contributed by atoms with E-state index in [0.29, 0.717) is 29.8 Å². The van der Waals surface area contributed by atoms with Gasteiger partial charge in [0.1, 0.15) is 6.61 Å². The van der Waals surface area contributed by atoms with E-state index in [4.69, 9.17) is 26.6 Å². The van der Waals surface area contributed by atoms with Gasteiger partial charge in [0.15, 0.2) is 5.76 Å². The molecule has 2 rings (SSSR count). The van der Waals surface area contributed by atoms with Crippen molar-refractivity contribution in [2.24, 2.45) is 5.73 Å². The minimum absolute atomic E-state index is 0.411. The summed E-state index contributed by atoms with van der Waals surface area (Å²) in [5.41, 5.74) is 6.10. The molecule has 0 aliphatic carbocycles. The van der Waals surface area contributed by atoms with Gasteiger partial charge >= 0.3 is 0 Å². The molecule has 2 aromatic rings. The van der Waals surface area contributed by atoms with Gasteiger partial charge in [-0.2, -0.15) is 0 Å². The van der Waals surface area contributed by atoms with Crippen molar-refractivity contribution in [1.29, 1.82) is 0 Å². The van der Waals surface area contributed by atoms with E-state index in [0.717, 1.165) is 5.56 Å². The number of nitrogens with two attached hydrogens (primary N) is 1. The van der Waals surface area contributed by atoms with Gasteiger partial charge < -0.3 is 15.0 Å². The predicted octanol–water partition coefficient (Wildman–Crippen LogP) is 2.33. The molecule has 2 N–H and O–H groups in total. The largest absolute Gasteiger partial charge is 0.474 e. The van der Waals surface area contributed by atoms with E-state index in [-0.39, 0.29) is 0 Å². The van der Waals surface area contributed by atoms with Crippen molar-refractivity contribution in [2.45, 2.75) is 0 Å². The molecule has 1 aromatic heterocycles. The van der Waals surface area contributed by atoms with Gasteiger partial charge in [-0.05, 0) is 17.3 Å². The highest BCUT2D eigenvalue weighted by Crippen LogP contribution is 2.29. The highest BCUT2D eigenvalue weighted by molar-refractivity contribution is 6.33. The lowest BCUT2D eigenvalue weighted by atomic mass is 10.2. The highest BCUT2D eigenvalue weighted by atomic mass is 35.5. The van der Waals surface area contributed by atoms with E-state index in [1.165, 1.54) is 0 Å². The normalized spacial score (nSPS) is 10.4. The molecule has 0 saturated heterocycles. The Balaban J connectivity index is 2.22. The standard InChI is InChI=1S/C11H11ClN2O2/c12-9-4-2-1-3-8(9)10-7-11(14-16-10)15-6-5-13/h1-4,7H,5-6,13H2. The molecule has 0 unspecified atom stereocenters. The van der Waals surface area contributed by atoms with Crippen molar-refractivity contribution in [1.82, 2.24) is 5.16 Å². The van der Waals surface area contributed by atoms with Crippen LogP contribution in [0.4, 0.5) is 0 Å². The first-order chi connectivity index (χ1) is 7.81. The first kappa shape index (κ1) is 11.0. The molecular formula is C11H11ClN2O2. The SMILES string of the molecule is NCCOc1cc(-c2ccccc2Cl)on1. The van der Waals surface area contributed by atoms with Crippen LogP contribution < -0.4 is 10.5 Å². The minimum Gasteiger partial charge on any atom is -0.474 e. The monoisotopic (exact) mass is 238 g/mol. The molecule has 5 heteroatoms. The summed E-state index contributed by atoms with van der Waals surface area (Å²) < 4.78 is 10.4. The first-order valence-corrected chi connectivity index (χ1v) is 5.23. The smallest absolute Gasteiger partial charge is 0.254 e. The maximum absolute atomic E-state index is 6.02. The number of nitrogens with zero attached hydrogens (tertiary/aromatic N) is 1. The summed E-state index contributed by atoms with van der Waals surface area (Å²) in [6.45, 7) is 0.850. The molecule has 0 aliphatic rings. The molecule has 0 radical (unpaired) electrons. The number of aromatic nitrogens is 1. The number of halogens is 1. The third-order valence-electron chi connectivity index (χ3n) is 2.00. The summed E-state index contributed by atoms with van der Waals surface area (Å²) in [7, 11) is 0. The second kappa shape index (κ2) is 5.01. The number of benzene rings is 1. The Bertz CT molecular complexity index is 471. The summed E-state index contributed by atoms with van der Waals surface area (Å²) in [4.78, 5) is 0. The van der Waals surface area contributed by atoms with Gasteiger partial charge in [-0.1, -0.05) is 23.7 Å². The van der Waals surface area contributed by atoms with Crippen LogP contribution in [-0.4, -0.2) is 18.3 Å². The molecule has 1 aromatic carbocycles. The molecule has 4 nitrogen and oxygen atoms in total. The number of hydrogen-bond acceptors (Lipinski definition) is 4. The number of ether oxygens (including phenoxy) is 1. The van der Waals surface area contributed by atoms with Crippen LogP contribution in [0.15, 0.2) is 34.9 Å². The lowest BCUT2D eigenvalue weighted by Crippen LogP contribution is -2.10. The van der Waals surface area contributed by atoms with Crippen molar-refractivity contribution >= 4 is 11.6 Å². The summed E-state index contributed by atoms with van der Waals surface area (Å²) in [5, 5.41) is 4.37. The fourth-order valence-corrected chi connectivity index (χ4v) is 1.51. The summed E-state index contributed by atoms with van der Waals surface area (Å²) in [5.74, 6) is 0.998.